The maximum Gasteiger partial charge on any atom is 0.573 e. The van der Waals surface area contributed by atoms with Crippen LogP contribution in [0.4, 0.5) is 13.2 Å². The number of para-hydroxylation sites is 1. The number of hydrogen-bond donors (Lipinski definition) is 0. The topological polar surface area (TPSA) is 21.7 Å². The predicted octanol–water partition coefficient (Wildman–Crippen LogP) is 5.27. The Morgan fingerprint density at radius 1 is 0.889 bits per heavy atom. The lowest BCUT2D eigenvalue weighted by molar-refractivity contribution is -0.274. The number of alkyl halides is 3. The van der Waals surface area contributed by atoms with Gasteiger partial charge in [0.1, 0.15) is 11.5 Å². The minimum atomic E-state index is -4.65. The van der Waals surface area contributed by atoms with E-state index in [2.05, 4.69) is 9.64 Å². The van der Waals surface area contributed by atoms with Crippen molar-refractivity contribution in [3.63, 3.8) is 0 Å². The third-order valence-corrected chi connectivity index (χ3v) is 4.81. The second-order valence-electron chi connectivity index (χ2n) is 6.86. The van der Waals surface area contributed by atoms with E-state index < -0.39 is 6.36 Å². The Hall–Kier alpha value is -2.21. The number of halogens is 3. The number of nitrogens with zero attached hydrogens (tertiary/aromatic N) is 1. The first-order valence-corrected chi connectivity index (χ1v) is 9.23. The molecule has 0 amide bonds. The lowest BCUT2D eigenvalue weighted by Gasteiger charge is -2.32. The molecule has 0 aliphatic carbocycles. The van der Waals surface area contributed by atoms with E-state index in [1.54, 1.807) is 12.1 Å². The second-order valence-corrected chi connectivity index (χ2v) is 6.86. The highest BCUT2D eigenvalue weighted by atomic mass is 19.4. The summed E-state index contributed by atoms with van der Waals surface area (Å²) in [7, 11) is 0. The average Bonchev–Trinajstić information content (AvgIpc) is 2.64. The molecule has 1 fully saturated rings. The van der Waals surface area contributed by atoms with Gasteiger partial charge in [-0.2, -0.15) is 0 Å². The van der Waals surface area contributed by atoms with Crippen molar-refractivity contribution in [2.45, 2.75) is 32.2 Å². The molecule has 0 unspecified atom stereocenters. The van der Waals surface area contributed by atoms with Gasteiger partial charge in [0.15, 0.2) is 0 Å². The van der Waals surface area contributed by atoms with Crippen LogP contribution < -0.4 is 9.47 Å². The molecule has 3 nitrogen and oxygen atoms in total. The Balaban J connectivity index is 1.36. The van der Waals surface area contributed by atoms with Crippen molar-refractivity contribution in [2.24, 2.45) is 5.92 Å². The maximum absolute atomic E-state index is 12.2. The summed E-state index contributed by atoms with van der Waals surface area (Å²) in [6, 6.07) is 16.0. The van der Waals surface area contributed by atoms with Crippen LogP contribution in [0.15, 0.2) is 54.6 Å². The van der Waals surface area contributed by atoms with Crippen molar-refractivity contribution in [3.8, 4) is 11.5 Å². The van der Waals surface area contributed by atoms with Crippen LogP contribution in [0.1, 0.15) is 24.8 Å². The fraction of sp³-hybridized carbons (Fsp3) is 0.429. The second kappa shape index (κ2) is 9.13. The van der Waals surface area contributed by atoms with E-state index in [4.69, 9.17) is 4.74 Å². The molecule has 2 aromatic rings. The molecule has 0 N–H and O–H groups in total. The molecule has 1 saturated heterocycles. The largest absolute Gasteiger partial charge is 0.573 e. The molecule has 0 spiro atoms. The Kier molecular flexibility index (Phi) is 6.61. The van der Waals surface area contributed by atoms with Gasteiger partial charge in [0.05, 0.1) is 6.61 Å². The third kappa shape index (κ3) is 6.79. The number of benzene rings is 2. The minimum Gasteiger partial charge on any atom is -0.494 e. The monoisotopic (exact) mass is 379 g/mol. The molecule has 1 aliphatic rings. The summed E-state index contributed by atoms with van der Waals surface area (Å²) < 4.78 is 46.3. The van der Waals surface area contributed by atoms with Crippen LogP contribution in [-0.2, 0) is 6.54 Å². The molecule has 1 aliphatic heterocycles. The summed E-state index contributed by atoms with van der Waals surface area (Å²) in [5.74, 6) is 1.39. The molecule has 2 aromatic carbocycles. The van der Waals surface area contributed by atoms with Crippen LogP contribution in [0.2, 0.25) is 0 Å². The van der Waals surface area contributed by atoms with Crippen LogP contribution in [0.3, 0.4) is 0 Å². The lowest BCUT2D eigenvalue weighted by atomic mass is 9.93. The van der Waals surface area contributed by atoms with E-state index in [1.807, 2.05) is 30.3 Å². The van der Waals surface area contributed by atoms with Crippen molar-refractivity contribution < 1.29 is 22.6 Å². The normalized spacial score (nSPS) is 16.3. The highest BCUT2D eigenvalue weighted by molar-refractivity contribution is 5.27. The molecule has 3 rings (SSSR count). The Labute approximate surface area is 157 Å². The van der Waals surface area contributed by atoms with E-state index >= 15 is 0 Å². The van der Waals surface area contributed by atoms with Crippen LogP contribution in [0.5, 0.6) is 11.5 Å². The molecule has 1 heterocycles. The predicted molar refractivity (Wildman–Crippen MR) is 97.7 cm³/mol. The van der Waals surface area contributed by atoms with Crippen molar-refractivity contribution in [3.05, 3.63) is 60.2 Å². The van der Waals surface area contributed by atoms with Crippen molar-refractivity contribution >= 4 is 0 Å². The first kappa shape index (κ1) is 19.5. The molecule has 0 aromatic heterocycles. The Morgan fingerprint density at radius 3 is 2.19 bits per heavy atom. The summed E-state index contributed by atoms with van der Waals surface area (Å²) in [6.45, 7) is 3.47. The van der Waals surface area contributed by atoms with Gasteiger partial charge >= 0.3 is 6.36 Å². The summed E-state index contributed by atoms with van der Waals surface area (Å²) in [5.41, 5.74) is 0.996. The van der Waals surface area contributed by atoms with Gasteiger partial charge in [0.2, 0.25) is 0 Å². The molecule has 27 heavy (non-hydrogen) atoms. The molecule has 146 valence electrons. The fourth-order valence-corrected chi connectivity index (χ4v) is 3.35. The van der Waals surface area contributed by atoms with Gasteiger partial charge in [-0.05, 0) is 68.1 Å². The zero-order chi connectivity index (χ0) is 19.1. The molecular weight excluding hydrogens is 355 g/mol. The summed E-state index contributed by atoms with van der Waals surface area (Å²) in [6.07, 6.45) is -1.36. The summed E-state index contributed by atoms with van der Waals surface area (Å²) >= 11 is 0. The van der Waals surface area contributed by atoms with E-state index in [0.29, 0.717) is 5.92 Å². The number of piperidine rings is 1. The number of ether oxygens (including phenoxy) is 2. The van der Waals surface area contributed by atoms with Gasteiger partial charge < -0.3 is 9.47 Å². The third-order valence-electron chi connectivity index (χ3n) is 4.81. The van der Waals surface area contributed by atoms with Gasteiger partial charge in [0, 0.05) is 6.54 Å². The molecule has 0 radical (unpaired) electrons. The van der Waals surface area contributed by atoms with Crippen molar-refractivity contribution in [1.29, 1.82) is 0 Å². The number of hydrogen-bond acceptors (Lipinski definition) is 3. The minimum absolute atomic E-state index is 0.177. The molecular formula is C21H24F3NO2. The number of rotatable bonds is 7. The fourth-order valence-electron chi connectivity index (χ4n) is 3.35. The van der Waals surface area contributed by atoms with E-state index in [0.717, 1.165) is 56.8 Å². The Bertz CT molecular complexity index is 681. The summed E-state index contributed by atoms with van der Waals surface area (Å²) in [5, 5.41) is 0. The maximum atomic E-state index is 12.2. The van der Waals surface area contributed by atoms with Gasteiger partial charge in [-0.25, -0.2) is 0 Å². The van der Waals surface area contributed by atoms with Gasteiger partial charge in [-0.3, -0.25) is 4.90 Å². The highest BCUT2D eigenvalue weighted by Gasteiger charge is 2.31. The first-order valence-electron chi connectivity index (χ1n) is 9.23. The quantitative estimate of drug-likeness (QED) is 0.654. The van der Waals surface area contributed by atoms with Crippen LogP contribution in [0.25, 0.3) is 0 Å². The molecule has 0 saturated carbocycles. The van der Waals surface area contributed by atoms with E-state index in [9.17, 15) is 13.2 Å². The Morgan fingerprint density at radius 2 is 1.56 bits per heavy atom. The van der Waals surface area contributed by atoms with Gasteiger partial charge in [0.25, 0.3) is 0 Å². The van der Waals surface area contributed by atoms with Gasteiger partial charge in [-0.1, -0.05) is 30.3 Å². The van der Waals surface area contributed by atoms with Crippen LogP contribution >= 0.6 is 0 Å². The van der Waals surface area contributed by atoms with Gasteiger partial charge in [-0.15, -0.1) is 13.2 Å². The standard InChI is InChI=1S/C21H24F3NO2/c22-21(23,24)27-20-8-6-18(7-9-20)16-25-13-10-17(11-14-25)12-15-26-19-4-2-1-3-5-19/h1-9,17H,10-16H2. The molecule has 0 bridgehead atoms. The summed E-state index contributed by atoms with van der Waals surface area (Å²) in [4.78, 5) is 2.34. The average molecular weight is 379 g/mol. The van der Waals surface area contributed by atoms with Crippen molar-refractivity contribution in [2.75, 3.05) is 19.7 Å². The first-order chi connectivity index (χ1) is 13.0. The van der Waals surface area contributed by atoms with E-state index in [1.165, 1.54) is 12.1 Å². The van der Waals surface area contributed by atoms with Crippen LogP contribution in [0, 0.1) is 5.92 Å². The van der Waals surface area contributed by atoms with Crippen molar-refractivity contribution in [1.82, 2.24) is 4.90 Å². The number of likely N-dealkylation sites (tertiary alicyclic amines) is 1. The molecule has 0 atom stereocenters. The van der Waals surface area contributed by atoms with Crippen LogP contribution in [-0.4, -0.2) is 31.0 Å². The smallest absolute Gasteiger partial charge is 0.494 e. The zero-order valence-electron chi connectivity index (χ0n) is 15.1. The van der Waals surface area contributed by atoms with E-state index in [-0.39, 0.29) is 5.75 Å². The highest BCUT2D eigenvalue weighted by Crippen LogP contribution is 2.25. The zero-order valence-corrected chi connectivity index (χ0v) is 15.1. The lowest BCUT2D eigenvalue weighted by Crippen LogP contribution is -2.33. The SMILES string of the molecule is FC(F)(F)Oc1ccc(CN2CCC(CCOc3ccccc3)CC2)cc1. The molecule has 6 heteroatoms.